The number of ether oxygens (including phenoxy) is 2. The third-order valence-electron chi connectivity index (χ3n) is 2.73. The Balaban J connectivity index is 2.16. The number of nitrogens with zero attached hydrogens (tertiary/aromatic N) is 2. The zero-order valence-electron chi connectivity index (χ0n) is 12.5. The van der Waals surface area contributed by atoms with E-state index < -0.39 is 17.7 Å². The summed E-state index contributed by atoms with van der Waals surface area (Å²) in [6, 6.07) is 2.73. The quantitative estimate of drug-likeness (QED) is 0.352. The van der Waals surface area contributed by atoms with Gasteiger partial charge in [-0.1, -0.05) is 0 Å². The van der Waals surface area contributed by atoms with Gasteiger partial charge in [0.1, 0.15) is 11.6 Å². The smallest absolute Gasteiger partial charge is 0.331 e. The van der Waals surface area contributed by atoms with E-state index in [4.69, 9.17) is 4.74 Å². The molecule has 1 aliphatic heterocycles. The number of nitrogens with one attached hydrogen (secondary N) is 1. The normalized spacial score (nSPS) is 17.6. The summed E-state index contributed by atoms with van der Waals surface area (Å²) < 4.78 is 23.2. The summed E-state index contributed by atoms with van der Waals surface area (Å²) in [6.45, 7) is 0. The van der Waals surface area contributed by atoms with E-state index in [1.807, 2.05) is 0 Å². The number of carbonyl (C=O) groups excluding carboxylic acids is 2. The van der Waals surface area contributed by atoms with Gasteiger partial charge in [0.25, 0.3) is 5.91 Å². The highest BCUT2D eigenvalue weighted by Crippen LogP contribution is 2.30. The van der Waals surface area contributed by atoms with Crippen molar-refractivity contribution in [3.63, 3.8) is 0 Å². The van der Waals surface area contributed by atoms with Crippen molar-refractivity contribution in [3.05, 3.63) is 39.0 Å². The van der Waals surface area contributed by atoms with Gasteiger partial charge in [-0.2, -0.15) is 5.10 Å². The molecule has 0 aliphatic carbocycles. The van der Waals surface area contributed by atoms with Gasteiger partial charge in [0.15, 0.2) is 5.17 Å². The van der Waals surface area contributed by atoms with Gasteiger partial charge >= 0.3 is 5.97 Å². The second kappa shape index (κ2) is 8.06. The lowest BCUT2D eigenvalue weighted by molar-refractivity contribution is -0.135. The van der Waals surface area contributed by atoms with E-state index in [1.165, 1.54) is 32.6 Å². The predicted octanol–water partition coefficient (Wildman–Crippen LogP) is 2.21. The minimum absolute atomic E-state index is 0.151. The van der Waals surface area contributed by atoms with Crippen LogP contribution in [0.3, 0.4) is 0 Å². The summed E-state index contributed by atoms with van der Waals surface area (Å²) in [6.07, 6.45) is 2.41. The molecule has 1 N–H and O–H groups in total. The fourth-order valence-corrected chi connectivity index (χ4v) is 2.90. The summed E-state index contributed by atoms with van der Waals surface area (Å²) in [7, 11) is 2.62. The Labute approximate surface area is 149 Å². The van der Waals surface area contributed by atoms with Crippen molar-refractivity contribution >= 4 is 51.0 Å². The van der Waals surface area contributed by atoms with E-state index in [0.29, 0.717) is 5.56 Å². The van der Waals surface area contributed by atoms with Crippen LogP contribution in [-0.2, 0) is 14.3 Å². The minimum Gasteiger partial charge on any atom is -0.495 e. The number of esters is 1. The molecule has 1 aromatic carbocycles. The Kier molecular flexibility index (Phi) is 6.10. The van der Waals surface area contributed by atoms with Gasteiger partial charge in [0.05, 0.1) is 29.8 Å². The van der Waals surface area contributed by atoms with E-state index in [1.54, 1.807) is 0 Å². The van der Waals surface area contributed by atoms with E-state index in [0.717, 1.165) is 17.8 Å². The summed E-state index contributed by atoms with van der Waals surface area (Å²) in [5, 5.41) is 10.3. The van der Waals surface area contributed by atoms with Crippen LogP contribution in [0.4, 0.5) is 4.39 Å². The van der Waals surface area contributed by atoms with E-state index in [-0.39, 0.29) is 20.3 Å². The molecule has 1 aliphatic rings. The first-order valence-electron chi connectivity index (χ1n) is 6.38. The standard InChI is InChI=1S/C14H11BrFN3O4S/c1-22-10(20)5-9-13(21)18-14(24-9)19-17-6-7-3-4-8(16)11(15)12(7)23-2/h3-6H,1-2H3,(H,18,19,21)/b9-5+,17-6?. The highest BCUT2D eigenvalue weighted by molar-refractivity contribution is 9.10. The third kappa shape index (κ3) is 4.20. The van der Waals surface area contributed by atoms with Crippen LogP contribution in [0, 0.1) is 5.82 Å². The number of carbonyl (C=O) groups is 2. The number of hydrogen-bond acceptors (Lipinski definition) is 7. The molecule has 2 rings (SSSR count). The van der Waals surface area contributed by atoms with Crippen LogP contribution in [-0.4, -0.2) is 37.5 Å². The van der Waals surface area contributed by atoms with Crippen LogP contribution in [0.1, 0.15) is 5.56 Å². The van der Waals surface area contributed by atoms with Gasteiger partial charge in [0, 0.05) is 11.6 Å². The SMILES string of the molecule is COC(=O)/C=C1/S/C(=N\N=Cc2ccc(F)c(Br)c2OC)NC1=O. The Bertz CT molecular complexity index is 780. The number of hydrogen-bond donors (Lipinski definition) is 1. The van der Waals surface area contributed by atoms with Crippen molar-refractivity contribution in [1.82, 2.24) is 5.32 Å². The van der Waals surface area contributed by atoms with Gasteiger partial charge in [-0.05, 0) is 39.8 Å². The topological polar surface area (TPSA) is 89.3 Å². The van der Waals surface area contributed by atoms with Crippen molar-refractivity contribution in [2.24, 2.45) is 10.2 Å². The van der Waals surface area contributed by atoms with Crippen molar-refractivity contribution in [2.75, 3.05) is 14.2 Å². The molecule has 1 saturated heterocycles. The molecule has 24 heavy (non-hydrogen) atoms. The highest BCUT2D eigenvalue weighted by atomic mass is 79.9. The molecule has 1 fully saturated rings. The van der Waals surface area contributed by atoms with Crippen LogP contribution in [0.15, 0.2) is 37.8 Å². The molecule has 1 amide bonds. The monoisotopic (exact) mass is 415 g/mol. The first kappa shape index (κ1) is 18.1. The molecule has 0 atom stereocenters. The van der Waals surface area contributed by atoms with Gasteiger partial charge < -0.3 is 9.47 Å². The van der Waals surface area contributed by atoms with Crippen LogP contribution in [0.5, 0.6) is 5.75 Å². The Hall–Kier alpha value is -2.20. The molecule has 1 heterocycles. The Morgan fingerprint density at radius 1 is 1.42 bits per heavy atom. The number of thioether (sulfide) groups is 1. The second-order valence-electron chi connectivity index (χ2n) is 4.22. The molecule has 7 nitrogen and oxygen atoms in total. The maximum atomic E-state index is 13.4. The van der Waals surface area contributed by atoms with E-state index >= 15 is 0 Å². The number of methoxy groups -OCH3 is 2. The van der Waals surface area contributed by atoms with Crippen LogP contribution in [0.25, 0.3) is 0 Å². The number of amides is 1. The minimum atomic E-state index is -0.640. The van der Waals surface area contributed by atoms with Crippen LogP contribution in [0.2, 0.25) is 0 Å². The highest BCUT2D eigenvalue weighted by Gasteiger charge is 2.25. The molecule has 0 radical (unpaired) electrons. The fourth-order valence-electron chi connectivity index (χ4n) is 1.64. The van der Waals surface area contributed by atoms with Crippen LogP contribution >= 0.6 is 27.7 Å². The Morgan fingerprint density at radius 2 is 2.17 bits per heavy atom. The van der Waals surface area contributed by atoms with E-state index in [9.17, 15) is 14.0 Å². The van der Waals surface area contributed by atoms with Crippen molar-refractivity contribution < 1.29 is 23.5 Å². The lowest BCUT2D eigenvalue weighted by atomic mass is 10.2. The largest absolute Gasteiger partial charge is 0.495 e. The van der Waals surface area contributed by atoms with Crippen molar-refractivity contribution in [3.8, 4) is 5.75 Å². The van der Waals surface area contributed by atoms with Gasteiger partial charge in [-0.15, -0.1) is 5.10 Å². The first-order chi connectivity index (χ1) is 11.5. The molecule has 0 bridgehead atoms. The Morgan fingerprint density at radius 3 is 2.83 bits per heavy atom. The number of halogens is 2. The van der Waals surface area contributed by atoms with Crippen molar-refractivity contribution in [1.29, 1.82) is 0 Å². The average Bonchev–Trinajstić information content (AvgIpc) is 2.90. The zero-order valence-corrected chi connectivity index (χ0v) is 14.9. The summed E-state index contributed by atoms with van der Waals surface area (Å²) >= 11 is 4.03. The molecule has 0 spiro atoms. The van der Waals surface area contributed by atoms with Gasteiger partial charge in [-0.3, -0.25) is 10.1 Å². The molecular formula is C14H11BrFN3O4S. The fraction of sp³-hybridized carbons (Fsp3) is 0.143. The van der Waals surface area contributed by atoms with Crippen LogP contribution < -0.4 is 10.1 Å². The predicted molar refractivity (Wildman–Crippen MR) is 91.5 cm³/mol. The molecule has 10 heteroatoms. The molecule has 0 unspecified atom stereocenters. The molecular weight excluding hydrogens is 405 g/mol. The van der Waals surface area contributed by atoms with Gasteiger partial charge in [0.2, 0.25) is 0 Å². The molecule has 0 saturated carbocycles. The second-order valence-corrected chi connectivity index (χ2v) is 6.05. The number of amidine groups is 1. The summed E-state index contributed by atoms with van der Waals surface area (Å²) in [5.41, 5.74) is 0.495. The number of benzene rings is 1. The third-order valence-corrected chi connectivity index (χ3v) is 4.37. The molecule has 1 aromatic rings. The lowest BCUT2D eigenvalue weighted by Crippen LogP contribution is -2.19. The maximum Gasteiger partial charge on any atom is 0.331 e. The summed E-state index contributed by atoms with van der Waals surface area (Å²) in [5.74, 6) is -1.31. The lowest BCUT2D eigenvalue weighted by Gasteiger charge is -2.06. The molecule has 0 aromatic heterocycles. The summed E-state index contributed by atoms with van der Waals surface area (Å²) in [4.78, 5) is 22.9. The molecule has 126 valence electrons. The number of rotatable bonds is 4. The zero-order chi connectivity index (χ0) is 17.7. The first-order valence-corrected chi connectivity index (χ1v) is 7.99. The van der Waals surface area contributed by atoms with Gasteiger partial charge in [-0.25, -0.2) is 9.18 Å². The van der Waals surface area contributed by atoms with E-state index in [2.05, 4.69) is 36.2 Å². The average molecular weight is 416 g/mol. The maximum absolute atomic E-state index is 13.4. The van der Waals surface area contributed by atoms with Crippen molar-refractivity contribution in [2.45, 2.75) is 0 Å².